The summed E-state index contributed by atoms with van der Waals surface area (Å²) in [6.07, 6.45) is 3.28. The number of hydrogen-bond donors (Lipinski definition) is 0. The lowest BCUT2D eigenvalue weighted by atomic mass is 9.87. The van der Waals surface area contributed by atoms with Gasteiger partial charge in [0.2, 0.25) is 0 Å². The first-order chi connectivity index (χ1) is 7.59. The van der Waals surface area contributed by atoms with Gasteiger partial charge in [-0.05, 0) is 44.5 Å². The predicted octanol–water partition coefficient (Wildman–Crippen LogP) is 2.96. The highest BCUT2D eigenvalue weighted by atomic mass is 35.5. The summed E-state index contributed by atoms with van der Waals surface area (Å²) in [5, 5.41) is 10.8. The normalized spacial score (nSPS) is 18.4. The molecule has 1 aromatic rings. The fraction of sp³-hybridized carbons (Fsp3) is 0.500. The lowest BCUT2D eigenvalue weighted by molar-refractivity contribution is -0.385. The minimum absolute atomic E-state index is 0. The third-order valence-corrected chi connectivity index (χ3v) is 3.25. The molecule has 5 heteroatoms. The van der Waals surface area contributed by atoms with Gasteiger partial charge in [0.05, 0.1) is 4.92 Å². The summed E-state index contributed by atoms with van der Waals surface area (Å²) in [5.41, 5.74) is 2.59. The minimum Gasteiger partial charge on any atom is -0.302 e. The van der Waals surface area contributed by atoms with E-state index < -0.39 is 0 Å². The summed E-state index contributed by atoms with van der Waals surface area (Å²) in [6, 6.07) is 5.57. The highest BCUT2D eigenvalue weighted by molar-refractivity contribution is 5.85. The zero-order chi connectivity index (χ0) is 11.7. The van der Waals surface area contributed by atoms with E-state index in [2.05, 4.69) is 4.90 Å². The number of aryl methyl sites for hydroxylation is 1. The Bertz CT molecular complexity index is 421. The van der Waals surface area contributed by atoms with Crippen molar-refractivity contribution in [2.24, 2.45) is 0 Å². The maximum absolute atomic E-state index is 10.8. The van der Waals surface area contributed by atoms with Crippen molar-refractivity contribution in [3.63, 3.8) is 0 Å². The summed E-state index contributed by atoms with van der Waals surface area (Å²) >= 11 is 0. The molecule has 1 aliphatic rings. The molecule has 17 heavy (non-hydrogen) atoms. The van der Waals surface area contributed by atoms with Gasteiger partial charge in [0.15, 0.2) is 0 Å². The monoisotopic (exact) mass is 256 g/mol. The summed E-state index contributed by atoms with van der Waals surface area (Å²) < 4.78 is 0. The molecule has 0 aromatic heterocycles. The average Bonchev–Trinajstić information content (AvgIpc) is 2.27. The van der Waals surface area contributed by atoms with Gasteiger partial charge < -0.3 is 4.90 Å². The zero-order valence-corrected chi connectivity index (χ0v) is 10.9. The first-order valence-corrected chi connectivity index (χ1v) is 5.53. The Morgan fingerprint density at radius 2 is 2.12 bits per heavy atom. The summed E-state index contributed by atoms with van der Waals surface area (Å²) in [5.74, 6) is 0. The molecule has 0 aliphatic heterocycles. The number of hydrogen-bond acceptors (Lipinski definition) is 3. The SMILES string of the molecule is CN(C)C1CCCc2ccc([N+](=O)[O-])cc21.Cl. The van der Waals surface area contributed by atoms with E-state index in [1.807, 2.05) is 20.2 Å². The van der Waals surface area contributed by atoms with E-state index in [9.17, 15) is 10.1 Å². The fourth-order valence-electron chi connectivity index (χ4n) is 2.41. The van der Waals surface area contributed by atoms with Crippen LogP contribution in [0.2, 0.25) is 0 Å². The Hall–Kier alpha value is -1.13. The van der Waals surface area contributed by atoms with Gasteiger partial charge in [-0.25, -0.2) is 0 Å². The van der Waals surface area contributed by atoms with E-state index in [-0.39, 0.29) is 23.0 Å². The molecular formula is C12H17ClN2O2. The molecule has 1 unspecified atom stereocenters. The molecule has 0 radical (unpaired) electrons. The summed E-state index contributed by atoms with van der Waals surface area (Å²) in [4.78, 5) is 12.6. The second-order valence-corrected chi connectivity index (χ2v) is 4.51. The average molecular weight is 257 g/mol. The second-order valence-electron chi connectivity index (χ2n) is 4.51. The van der Waals surface area contributed by atoms with Gasteiger partial charge in [-0.3, -0.25) is 10.1 Å². The van der Waals surface area contributed by atoms with E-state index in [0.717, 1.165) is 24.8 Å². The third-order valence-electron chi connectivity index (χ3n) is 3.25. The molecule has 94 valence electrons. The van der Waals surface area contributed by atoms with Gasteiger partial charge in [0.25, 0.3) is 5.69 Å². The number of nitro groups is 1. The van der Waals surface area contributed by atoms with Crippen LogP contribution in [0.1, 0.15) is 30.0 Å². The number of non-ortho nitro benzene ring substituents is 1. The molecule has 1 aromatic carbocycles. The van der Waals surface area contributed by atoms with Crippen LogP contribution in [0.4, 0.5) is 5.69 Å². The van der Waals surface area contributed by atoms with Crippen LogP contribution in [0.15, 0.2) is 18.2 Å². The quantitative estimate of drug-likeness (QED) is 0.604. The minimum atomic E-state index is -0.318. The highest BCUT2D eigenvalue weighted by Crippen LogP contribution is 2.34. The van der Waals surface area contributed by atoms with Crippen LogP contribution < -0.4 is 0 Å². The highest BCUT2D eigenvalue weighted by Gasteiger charge is 2.23. The molecule has 0 bridgehead atoms. The van der Waals surface area contributed by atoms with Crippen LogP contribution in [0, 0.1) is 10.1 Å². The van der Waals surface area contributed by atoms with Crippen molar-refractivity contribution >= 4 is 18.1 Å². The van der Waals surface area contributed by atoms with Crippen LogP contribution in [0.5, 0.6) is 0 Å². The van der Waals surface area contributed by atoms with E-state index in [1.165, 1.54) is 5.56 Å². The maximum atomic E-state index is 10.8. The van der Waals surface area contributed by atoms with Crippen LogP contribution >= 0.6 is 12.4 Å². The fourth-order valence-corrected chi connectivity index (χ4v) is 2.41. The largest absolute Gasteiger partial charge is 0.302 e. The first kappa shape index (κ1) is 13.9. The number of nitro benzene ring substituents is 1. The Labute approximate surface area is 107 Å². The molecule has 0 spiro atoms. The van der Waals surface area contributed by atoms with E-state index in [0.29, 0.717) is 6.04 Å². The van der Waals surface area contributed by atoms with Crippen LogP contribution in [0.25, 0.3) is 0 Å². The van der Waals surface area contributed by atoms with Crippen molar-refractivity contribution in [1.29, 1.82) is 0 Å². The number of fused-ring (bicyclic) bond motifs is 1. The van der Waals surface area contributed by atoms with Crippen LogP contribution in [-0.2, 0) is 6.42 Å². The molecule has 0 N–H and O–H groups in total. The molecule has 0 amide bonds. The molecule has 4 nitrogen and oxygen atoms in total. The number of halogens is 1. The van der Waals surface area contributed by atoms with Crippen molar-refractivity contribution in [2.75, 3.05) is 14.1 Å². The second kappa shape index (κ2) is 5.47. The van der Waals surface area contributed by atoms with E-state index >= 15 is 0 Å². The summed E-state index contributed by atoms with van der Waals surface area (Å²) in [7, 11) is 4.05. The molecule has 0 fully saturated rings. The van der Waals surface area contributed by atoms with Gasteiger partial charge in [-0.2, -0.15) is 0 Å². The van der Waals surface area contributed by atoms with Crippen molar-refractivity contribution in [2.45, 2.75) is 25.3 Å². The van der Waals surface area contributed by atoms with Gasteiger partial charge in [-0.1, -0.05) is 6.07 Å². The van der Waals surface area contributed by atoms with E-state index in [4.69, 9.17) is 0 Å². The standard InChI is InChI=1S/C12H16N2O2.ClH/c1-13(2)12-5-3-4-9-6-7-10(14(15)16)8-11(9)12;/h6-8,12H,3-5H2,1-2H3;1H. The van der Waals surface area contributed by atoms with Gasteiger partial charge in [0, 0.05) is 18.2 Å². The van der Waals surface area contributed by atoms with Crippen molar-refractivity contribution in [1.82, 2.24) is 4.90 Å². The molecule has 0 heterocycles. The Kier molecular flexibility index (Phi) is 4.48. The number of nitrogens with zero attached hydrogens (tertiary/aromatic N) is 2. The smallest absolute Gasteiger partial charge is 0.269 e. The number of rotatable bonds is 2. The van der Waals surface area contributed by atoms with Crippen LogP contribution in [0.3, 0.4) is 0 Å². The Balaban J connectivity index is 0.00000144. The molecule has 0 saturated heterocycles. The number of benzene rings is 1. The lowest BCUT2D eigenvalue weighted by Crippen LogP contribution is -2.24. The van der Waals surface area contributed by atoms with E-state index in [1.54, 1.807) is 12.1 Å². The molecule has 2 rings (SSSR count). The Morgan fingerprint density at radius 3 is 2.71 bits per heavy atom. The maximum Gasteiger partial charge on any atom is 0.269 e. The zero-order valence-electron chi connectivity index (χ0n) is 10.0. The molecule has 0 saturated carbocycles. The molecule has 1 atom stereocenters. The predicted molar refractivity (Wildman–Crippen MR) is 69.7 cm³/mol. The van der Waals surface area contributed by atoms with Crippen molar-refractivity contribution in [3.05, 3.63) is 39.4 Å². The lowest BCUT2D eigenvalue weighted by Gasteiger charge is -2.30. The van der Waals surface area contributed by atoms with Crippen molar-refractivity contribution < 1.29 is 4.92 Å². The van der Waals surface area contributed by atoms with Crippen molar-refractivity contribution in [3.8, 4) is 0 Å². The van der Waals surface area contributed by atoms with Gasteiger partial charge in [0.1, 0.15) is 0 Å². The van der Waals surface area contributed by atoms with Gasteiger partial charge in [-0.15, -0.1) is 12.4 Å². The Morgan fingerprint density at radius 1 is 1.41 bits per heavy atom. The molecular weight excluding hydrogens is 240 g/mol. The van der Waals surface area contributed by atoms with Crippen LogP contribution in [-0.4, -0.2) is 23.9 Å². The summed E-state index contributed by atoms with van der Waals surface area (Å²) in [6.45, 7) is 0. The van der Waals surface area contributed by atoms with Gasteiger partial charge >= 0.3 is 0 Å². The first-order valence-electron chi connectivity index (χ1n) is 5.53. The third kappa shape index (κ3) is 2.76. The molecule has 1 aliphatic carbocycles. The topological polar surface area (TPSA) is 46.4 Å².